The van der Waals surface area contributed by atoms with Gasteiger partial charge in [0.1, 0.15) is 0 Å². The van der Waals surface area contributed by atoms with E-state index in [-0.39, 0.29) is 5.97 Å². The first-order valence-electron chi connectivity index (χ1n) is 5.20. The Kier molecular flexibility index (Phi) is 5.35. The van der Waals surface area contributed by atoms with Gasteiger partial charge in [-0.2, -0.15) is 0 Å². The molecule has 0 heterocycles. The minimum atomic E-state index is -0.455. The number of carbonyl (C=O) groups excluding carboxylic acids is 1. The third-order valence-corrected chi connectivity index (χ3v) is 3.01. The van der Waals surface area contributed by atoms with Crippen LogP contribution in [0.25, 0.3) is 0 Å². The highest BCUT2D eigenvalue weighted by atomic mass is 32.2. The Labute approximate surface area is 99.8 Å². The largest absolute Gasteiger partial charge is 0.465 e. The molecule has 1 rings (SSSR count). The molecule has 1 N–H and O–H groups in total. The van der Waals surface area contributed by atoms with Gasteiger partial charge < -0.3 is 9.84 Å². The predicted octanol–water partition coefficient (Wildman–Crippen LogP) is 2.40. The molecule has 3 nitrogen and oxygen atoms in total. The van der Waals surface area contributed by atoms with Crippen molar-refractivity contribution in [3.05, 3.63) is 29.8 Å². The summed E-state index contributed by atoms with van der Waals surface area (Å²) in [6.07, 6.45) is -0.455. The number of benzene rings is 1. The minimum absolute atomic E-state index is 0.202. The van der Waals surface area contributed by atoms with Crippen LogP contribution in [0, 0.1) is 0 Å². The molecular weight excluding hydrogens is 224 g/mol. The maximum Gasteiger partial charge on any atom is 0.316 e. The summed E-state index contributed by atoms with van der Waals surface area (Å²) in [7, 11) is 0. The van der Waals surface area contributed by atoms with Crippen LogP contribution < -0.4 is 0 Å². The van der Waals surface area contributed by atoms with Crippen LogP contribution in [0.4, 0.5) is 0 Å². The molecule has 0 unspecified atom stereocenters. The van der Waals surface area contributed by atoms with Crippen molar-refractivity contribution in [1.82, 2.24) is 0 Å². The van der Waals surface area contributed by atoms with Crippen LogP contribution in [-0.2, 0) is 9.53 Å². The monoisotopic (exact) mass is 240 g/mol. The first kappa shape index (κ1) is 13.1. The van der Waals surface area contributed by atoms with Crippen molar-refractivity contribution in [3.63, 3.8) is 0 Å². The molecular formula is C12H16O3S. The lowest BCUT2D eigenvalue weighted by molar-refractivity contribution is -0.139. The molecule has 1 atom stereocenters. The summed E-state index contributed by atoms with van der Waals surface area (Å²) in [4.78, 5) is 12.1. The highest BCUT2D eigenvalue weighted by Gasteiger charge is 2.04. The number of esters is 1. The zero-order chi connectivity index (χ0) is 12.0. The van der Waals surface area contributed by atoms with Gasteiger partial charge in [0.25, 0.3) is 0 Å². The van der Waals surface area contributed by atoms with Crippen LogP contribution in [0.3, 0.4) is 0 Å². The van der Waals surface area contributed by atoms with Crippen LogP contribution in [-0.4, -0.2) is 23.4 Å². The Bertz CT molecular complexity index is 333. The molecule has 16 heavy (non-hydrogen) atoms. The summed E-state index contributed by atoms with van der Waals surface area (Å²) in [6, 6.07) is 7.51. The first-order valence-corrected chi connectivity index (χ1v) is 6.18. The fourth-order valence-electron chi connectivity index (χ4n) is 1.19. The summed E-state index contributed by atoms with van der Waals surface area (Å²) in [5.74, 6) is 0.120. The molecule has 0 saturated carbocycles. The van der Waals surface area contributed by atoms with Crippen LogP contribution in [0.1, 0.15) is 25.5 Å². The second kappa shape index (κ2) is 6.55. The Balaban J connectivity index is 2.46. The molecule has 0 radical (unpaired) electrons. The summed E-state index contributed by atoms with van der Waals surface area (Å²) in [5, 5.41) is 9.32. The zero-order valence-electron chi connectivity index (χ0n) is 9.47. The van der Waals surface area contributed by atoms with Crippen LogP contribution >= 0.6 is 11.8 Å². The highest BCUT2D eigenvalue weighted by molar-refractivity contribution is 8.00. The lowest BCUT2D eigenvalue weighted by Crippen LogP contribution is -2.06. The average Bonchev–Trinajstić information content (AvgIpc) is 2.27. The highest BCUT2D eigenvalue weighted by Crippen LogP contribution is 2.20. The van der Waals surface area contributed by atoms with Crippen molar-refractivity contribution in [1.29, 1.82) is 0 Å². The van der Waals surface area contributed by atoms with E-state index in [1.54, 1.807) is 13.8 Å². The molecule has 0 aliphatic carbocycles. The molecule has 0 aliphatic rings. The minimum Gasteiger partial charge on any atom is -0.465 e. The number of aliphatic hydroxyl groups is 1. The lowest BCUT2D eigenvalue weighted by atomic mass is 10.1. The van der Waals surface area contributed by atoms with Crippen molar-refractivity contribution in [2.75, 3.05) is 12.4 Å². The summed E-state index contributed by atoms with van der Waals surface area (Å²) < 4.78 is 4.83. The van der Waals surface area contributed by atoms with E-state index in [1.165, 1.54) is 11.8 Å². The van der Waals surface area contributed by atoms with Crippen LogP contribution in [0.15, 0.2) is 29.2 Å². The third-order valence-electron chi connectivity index (χ3n) is 2.02. The number of carbonyl (C=O) groups is 1. The second-order valence-corrected chi connectivity index (χ2v) is 4.39. The van der Waals surface area contributed by atoms with E-state index in [2.05, 4.69) is 0 Å². The molecule has 0 spiro atoms. The van der Waals surface area contributed by atoms with E-state index < -0.39 is 6.10 Å². The average molecular weight is 240 g/mol. The number of ether oxygens (including phenoxy) is 1. The van der Waals surface area contributed by atoms with Crippen LogP contribution in [0.2, 0.25) is 0 Å². The van der Waals surface area contributed by atoms with Gasteiger partial charge in [-0.1, -0.05) is 12.1 Å². The number of thioether (sulfide) groups is 1. The van der Waals surface area contributed by atoms with E-state index >= 15 is 0 Å². The Morgan fingerprint density at radius 2 is 2.06 bits per heavy atom. The van der Waals surface area contributed by atoms with E-state index in [9.17, 15) is 9.90 Å². The van der Waals surface area contributed by atoms with Crippen molar-refractivity contribution in [3.8, 4) is 0 Å². The molecule has 0 aromatic heterocycles. The quantitative estimate of drug-likeness (QED) is 0.634. The van der Waals surface area contributed by atoms with E-state index in [1.807, 2.05) is 24.3 Å². The fraction of sp³-hybridized carbons (Fsp3) is 0.417. The van der Waals surface area contributed by atoms with Gasteiger partial charge in [0.05, 0.1) is 18.5 Å². The molecule has 0 aliphatic heterocycles. The van der Waals surface area contributed by atoms with Gasteiger partial charge in [0, 0.05) is 4.90 Å². The molecule has 1 aromatic rings. The number of rotatable bonds is 5. The van der Waals surface area contributed by atoms with E-state index in [0.717, 1.165) is 10.5 Å². The van der Waals surface area contributed by atoms with Gasteiger partial charge in [-0.15, -0.1) is 11.8 Å². The maximum absolute atomic E-state index is 11.1. The van der Waals surface area contributed by atoms with Crippen molar-refractivity contribution >= 4 is 17.7 Å². The maximum atomic E-state index is 11.1. The SMILES string of the molecule is CCOC(=O)CSc1ccc([C@H](C)O)cc1. The molecule has 1 aromatic carbocycles. The molecule has 0 bridgehead atoms. The Morgan fingerprint density at radius 1 is 1.44 bits per heavy atom. The summed E-state index contributed by atoms with van der Waals surface area (Å²) in [5.41, 5.74) is 0.875. The zero-order valence-corrected chi connectivity index (χ0v) is 10.3. The number of hydrogen-bond acceptors (Lipinski definition) is 4. The second-order valence-electron chi connectivity index (χ2n) is 3.34. The van der Waals surface area contributed by atoms with Gasteiger partial charge in [-0.3, -0.25) is 4.79 Å². The number of aliphatic hydroxyl groups excluding tert-OH is 1. The molecule has 0 amide bonds. The molecule has 4 heteroatoms. The van der Waals surface area contributed by atoms with E-state index in [4.69, 9.17) is 4.74 Å². The predicted molar refractivity (Wildman–Crippen MR) is 64.4 cm³/mol. The molecule has 0 saturated heterocycles. The van der Waals surface area contributed by atoms with Crippen LogP contribution in [0.5, 0.6) is 0 Å². The van der Waals surface area contributed by atoms with Crippen molar-refractivity contribution in [2.45, 2.75) is 24.8 Å². The summed E-state index contributed by atoms with van der Waals surface area (Å²) >= 11 is 1.43. The Hall–Kier alpha value is -1.00. The van der Waals surface area contributed by atoms with Crippen molar-refractivity contribution < 1.29 is 14.6 Å². The fourth-order valence-corrected chi connectivity index (χ4v) is 1.88. The lowest BCUT2D eigenvalue weighted by Gasteiger charge is -2.06. The van der Waals surface area contributed by atoms with Gasteiger partial charge in [0.15, 0.2) is 0 Å². The van der Waals surface area contributed by atoms with Gasteiger partial charge in [-0.05, 0) is 31.5 Å². The van der Waals surface area contributed by atoms with Gasteiger partial charge >= 0.3 is 5.97 Å². The number of hydrogen-bond donors (Lipinski definition) is 1. The summed E-state index contributed by atoms with van der Waals surface area (Å²) in [6.45, 7) is 3.93. The van der Waals surface area contributed by atoms with Gasteiger partial charge in [0.2, 0.25) is 0 Å². The smallest absolute Gasteiger partial charge is 0.316 e. The molecule has 0 fully saturated rings. The Morgan fingerprint density at radius 3 is 2.56 bits per heavy atom. The molecule has 88 valence electrons. The normalized spacial score (nSPS) is 12.2. The first-order chi connectivity index (χ1) is 7.63. The third kappa shape index (κ3) is 4.24. The van der Waals surface area contributed by atoms with E-state index in [0.29, 0.717) is 12.4 Å². The topological polar surface area (TPSA) is 46.5 Å². The standard InChI is InChI=1S/C12H16O3S/c1-3-15-12(14)8-16-11-6-4-10(5-7-11)9(2)13/h4-7,9,13H,3,8H2,1-2H3/t9-/m0/s1. The van der Waals surface area contributed by atoms with Crippen molar-refractivity contribution in [2.24, 2.45) is 0 Å². The van der Waals surface area contributed by atoms with Gasteiger partial charge in [-0.25, -0.2) is 0 Å².